The van der Waals surface area contributed by atoms with Gasteiger partial charge in [-0.3, -0.25) is 4.79 Å². The molecular formula is C27H29F3N2O2. The minimum Gasteiger partial charge on any atom is -0.391 e. The lowest BCUT2D eigenvalue weighted by molar-refractivity contribution is -0.137. The molecule has 34 heavy (non-hydrogen) atoms. The van der Waals surface area contributed by atoms with Crippen molar-refractivity contribution in [3.05, 3.63) is 107 Å². The summed E-state index contributed by atoms with van der Waals surface area (Å²) in [6.07, 6.45) is -4.92. The summed E-state index contributed by atoms with van der Waals surface area (Å²) in [6, 6.07) is 21.6. The number of hydrogen-bond acceptors (Lipinski definition) is 3. The molecule has 3 aromatic rings. The van der Waals surface area contributed by atoms with Gasteiger partial charge in [-0.1, -0.05) is 60.7 Å². The van der Waals surface area contributed by atoms with E-state index in [0.29, 0.717) is 23.1 Å². The Bertz CT molecular complexity index is 1110. The molecule has 0 radical (unpaired) electrons. The molecule has 7 heteroatoms. The summed E-state index contributed by atoms with van der Waals surface area (Å²) < 4.78 is 39.5. The van der Waals surface area contributed by atoms with Crippen LogP contribution in [-0.2, 0) is 18.1 Å². The highest BCUT2D eigenvalue weighted by atomic mass is 19.4. The Kier molecular flexibility index (Phi) is 7.79. The van der Waals surface area contributed by atoms with E-state index in [1.807, 2.05) is 30.3 Å². The maximum Gasteiger partial charge on any atom is 0.416 e. The van der Waals surface area contributed by atoms with Crippen LogP contribution in [0.1, 0.15) is 52.4 Å². The van der Waals surface area contributed by atoms with Gasteiger partial charge in [-0.2, -0.15) is 13.2 Å². The largest absolute Gasteiger partial charge is 0.416 e. The van der Waals surface area contributed by atoms with Gasteiger partial charge in [0.25, 0.3) is 0 Å². The van der Waals surface area contributed by atoms with Gasteiger partial charge in [0.2, 0.25) is 5.91 Å². The smallest absolute Gasteiger partial charge is 0.391 e. The Morgan fingerprint density at radius 3 is 2.21 bits per heavy atom. The first-order valence-electron chi connectivity index (χ1n) is 11.0. The molecule has 2 atom stereocenters. The van der Waals surface area contributed by atoms with Gasteiger partial charge in [0.05, 0.1) is 11.7 Å². The fourth-order valence-electron chi connectivity index (χ4n) is 4.05. The molecule has 0 aliphatic carbocycles. The Morgan fingerprint density at radius 2 is 1.56 bits per heavy atom. The number of aliphatic hydroxyl groups excluding tert-OH is 1. The van der Waals surface area contributed by atoms with Crippen molar-refractivity contribution in [3.8, 4) is 0 Å². The average Bonchev–Trinajstić information content (AvgIpc) is 2.81. The molecule has 0 unspecified atom stereocenters. The molecule has 0 aliphatic rings. The van der Waals surface area contributed by atoms with E-state index in [-0.39, 0.29) is 6.54 Å². The molecule has 0 aliphatic heterocycles. The number of primary amides is 1. The summed E-state index contributed by atoms with van der Waals surface area (Å²) in [6.45, 7) is 3.62. The third-order valence-corrected chi connectivity index (χ3v) is 6.05. The molecule has 0 bridgehead atoms. The van der Waals surface area contributed by atoms with E-state index in [1.54, 1.807) is 44.2 Å². The van der Waals surface area contributed by atoms with Crippen molar-refractivity contribution < 1.29 is 23.1 Å². The van der Waals surface area contributed by atoms with Crippen molar-refractivity contribution in [2.75, 3.05) is 6.54 Å². The average molecular weight is 471 g/mol. The van der Waals surface area contributed by atoms with Gasteiger partial charge >= 0.3 is 6.18 Å². The molecule has 0 heterocycles. The number of carbonyl (C=O) groups is 1. The van der Waals surface area contributed by atoms with Gasteiger partial charge in [-0.05, 0) is 55.2 Å². The summed E-state index contributed by atoms with van der Waals surface area (Å²) >= 11 is 0. The van der Waals surface area contributed by atoms with Gasteiger partial charge in [0, 0.05) is 23.6 Å². The first-order valence-corrected chi connectivity index (χ1v) is 11.0. The Balaban J connectivity index is 1.86. The first kappa shape index (κ1) is 25.5. The molecule has 0 fully saturated rings. The maximum absolute atomic E-state index is 13.2. The Morgan fingerprint density at radius 1 is 0.941 bits per heavy atom. The molecule has 4 N–H and O–H groups in total. The number of hydrogen-bond donors (Lipinski definition) is 3. The van der Waals surface area contributed by atoms with E-state index < -0.39 is 35.2 Å². The second-order valence-corrected chi connectivity index (χ2v) is 8.90. The second kappa shape index (κ2) is 10.4. The zero-order valence-corrected chi connectivity index (χ0v) is 19.1. The summed E-state index contributed by atoms with van der Waals surface area (Å²) in [5, 5.41) is 14.4. The number of aliphatic hydroxyl groups is 1. The zero-order valence-electron chi connectivity index (χ0n) is 19.1. The number of amides is 1. The van der Waals surface area contributed by atoms with Crippen molar-refractivity contribution in [3.63, 3.8) is 0 Å². The Labute approximate surface area is 197 Å². The predicted molar refractivity (Wildman–Crippen MR) is 126 cm³/mol. The minimum atomic E-state index is -4.44. The number of nitrogens with one attached hydrogen (secondary N) is 1. The van der Waals surface area contributed by atoms with Gasteiger partial charge in [0.1, 0.15) is 0 Å². The van der Waals surface area contributed by atoms with Gasteiger partial charge in [-0.15, -0.1) is 0 Å². The zero-order chi connectivity index (χ0) is 24.9. The van der Waals surface area contributed by atoms with Crippen molar-refractivity contribution in [2.24, 2.45) is 5.73 Å². The molecule has 3 aromatic carbocycles. The van der Waals surface area contributed by atoms with Gasteiger partial charge in [0.15, 0.2) is 0 Å². The monoisotopic (exact) mass is 470 g/mol. The summed E-state index contributed by atoms with van der Waals surface area (Å²) in [7, 11) is 0. The van der Waals surface area contributed by atoms with Gasteiger partial charge in [-0.25, -0.2) is 0 Å². The second-order valence-electron chi connectivity index (χ2n) is 8.90. The summed E-state index contributed by atoms with van der Waals surface area (Å²) in [5.41, 5.74) is 6.41. The number of halogens is 3. The number of alkyl halides is 3. The van der Waals surface area contributed by atoms with Crippen LogP contribution in [0.5, 0.6) is 0 Å². The van der Waals surface area contributed by atoms with E-state index in [9.17, 15) is 23.1 Å². The topological polar surface area (TPSA) is 75.3 Å². The van der Waals surface area contributed by atoms with Crippen LogP contribution < -0.4 is 11.1 Å². The van der Waals surface area contributed by atoms with Crippen LogP contribution >= 0.6 is 0 Å². The summed E-state index contributed by atoms with van der Waals surface area (Å²) in [5.74, 6) is -1.05. The molecule has 0 saturated carbocycles. The quantitative estimate of drug-likeness (QED) is 0.411. The first-order chi connectivity index (χ1) is 16.0. The highest BCUT2D eigenvalue weighted by Gasteiger charge is 2.33. The third-order valence-electron chi connectivity index (χ3n) is 6.05. The SMILES string of the molecule is CC(C)(NC[C@H](O)[C@@H](Cc1ccccc1)c1ccccc1C(N)=O)c1cccc(C(F)(F)F)c1. The van der Waals surface area contributed by atoms with E-state index in [4.69, 9.17) is 5.73 Å². The van der Waals surface area contributed by atoms with Crippen molar-refractivity contribution >= 4 is 5.91 Å². The molecule has 4 nitrogen and oxygen atoms in total. The highest BCUT2D eigenvalue weighted by Crippen LogP contribution is 2.33. The van der Waals surface area contributed by atoms with Gasteiger partial charge < -0.3 is 16.2 Å². The van der Waals surface area contributed by atoms with Crippen molar-refractivity contribution in [1.82, 2.24) is 5.32 Å². The van der Waals surface area contributed by atoms with E-state index in [0.717, 1.165) is 17.7 Å². The normalized spacial score (nSPS) is 13.9. The molecule has 0 saturated heterocycles. The standard InChI is InChI=1S/C27H29F3N2O2/c1-26(2,19-11-8-12-20(16-19)27(28,29)30)32-17-24(33)23(15-18-9-4-3-5-10-18)21-13-6-7-14-22(21)25(31)34/h3-14,16,23-24,32-33H,15,17H2,1-2H3,(H2,31,34)/t23-,24-/m0/s1. The fourth-order valence-corrected chi connectivity index (χ4v) is 4.05. The number of carbonyl (C=O) groups excluding carboxylic acids is 1. The maximum atomic E-state index is 13.2. The minimum absolute atomic E-state index is 0.0911. The number of nitrogens with two attached hydrogens (primary N) is 1. The van der Waals surface area contributed by atoms with Crippen LogP contribution in [0.3, 0.4) is 0 Å². The van der Waals surface area contributed by atoms with E-state index in [1.165, 1.54) is 6.07 Å². The predicted octanol–water partition coefficient (Wildman–Crippen LogP) is 5.02. The Hall–Kier alpha value is -3.16. The van der Waals surface area contributed by atoms with Crippen LogP contribution in [0, 0.1) is 0 Å². The van der Waals surface area contributed by atoms with Crippen LogP contribution in [0.2, 0.25) is 0 Å². The molecule has 180 valence electrons. The third kappa shape index (κ3) is 6.24. The fraction of sp³-hybridized carbons (Fsp3) is 0.296. The molecule has 1 amide bonds. The molecule has 0 spiro atoms. The van der Waals surface area contributed by atoms with Crippen LogP contribution in [0.15, 0.2) is 78.9 Å². The molecule has 0 aromatic heterocycles. The van der Waals surface area contributed by atoms with E-state index >= 15 is 0 Å². The van der Waals surface area contributed by atoms with E-state index in [2.05, 4.69) is 5.32 Å². The molecular weight excluding hydrogens is 441 g/mol. The van der Waals surface area contributed by atoms with Crippen LogP contribution in [-0.4, -0.2) is 23.7 Å². The lowest BCUT2D eigenvalue weighted by atomic mass is 9.84. The van der Waals surface area contributed by atoms with Crippen molar-refractivity contribution in [1.29, 1.82) is 0 Å². The number of rotatable bonds is 9. The van der Waals surface area contributed by atoms with Crippen molar-refractivity contribution in [2.45, 2.75) is 44.0 Å². The van der Waals surface area contributed by atoms with Crippen LogP contribution in [0.4, 0.5) is 13.2 Å². The molecule has 3 rings (SSSR count). The van der Waals surface area contributed by atoms with Crippen LogP contribution in [0.25, 0.3) is 0 Å². The number of benzene rings is 3. The lowest BCUT2D eigenvalue weighted by Crippen LogP contribution is -2.43. The lowest BCUT2D eigenvalue weighted by Gasteiger charge is -2.32. The highest BCUT2D eigenvalue weighted by molar-refractivity contribution is 5.94. The summed E-state index contributed by atoms with van der Waals surface area (Å²) in [4.78, 5) is 12.0.